The quantitative estimate of drug-likeness (QED) is 0.713. The Morgan fingerprint density at radius 2 is 1.39 bits per heavy atom. The minimum Gasteiger partial charge on any atom is -0.341 e. The monoisotopic (exact) mass is 419 g/mol. The van der Waals surface area contributed by atoms with E-state index >= 15 is 0 Å². The highest BCUT2D eigenvalue weighted by atomic mass is 16.2. The van der Waals surface area contributed by atoms with Crippen molar-refractivity contribution in [3.8, 4) is 0 Å². The van der Waals surface area contributed by atoms with E-state index in [-0.39, 0.29) is 36.6 Å². The number of benzene rings is 2. The summed E-state index contributed by atoms with van der Waals surface area (Å²) in [6.45, 7) is 4.09. The van der Waals surface area contributed by atoms with Crippen LogP contribution in [-0.4, -0.2) is 71.1 Å². The van der Waals surface area contributed by atoms with Gasteiger partial charge in [-0.2, -0.15) is 0 Å². The Morgan fingerprint density at radius 1 is 0.806 bits per heavy atom. The molecule has 4 rings (SSSR count). The number of rotatable bonds is 4. The molecule has 0 radical (unpaired) electrons. The summed E-state index contributed by atoms with van der Waals surface area (Å²) < 4.78 is 0. The fourth-order valence-electron chi connectivity index (χ4n) is 4.06. The van der Waals surface area contributed by atoms with E-state index in [2.05, 4.69) is 0 Å². The first-order chi connectivity index (χ1) is 15.0. The van der Waals surface area contributed by atoms with E-state index in [4.69, 9.17) is 0 Å². The lowest BCUT2D eigenvalue weighted by molar-refractivity contribution is -0.131. The van der Waals surface area contributed by atoms with E-state index in [1.165, 1.54) is 0 Å². The molecule has 160 valence electrons. The molecule has 1 saturated heterocycles. The molecule has 7 heteroatoms. The molecule has 0 saturated carbocycles. The number of imide groups is 1. The van der Waals surface area contributed by atoms with Gasteiger partial charge in [0, 0.05) is 44.7 Å². The molecular formula is C24H25N3O4. The van der Waals surface area contributed by atoms with E-state index in [0.717, 1.165) is 10.5 Å². The van der Waals surface area contributed by atoms with Crippen LogP contribution in [-0.2, 0) is 4.79 Å². The fourth-order valence-corrected chi connectivity index (χ4v) is 4.06. The van der Waals surface area contributed by atoms with Crippen LogP contribution in [0.15, 0.2) is 48.5 Å². The van der Waals surface area contributed by atoms with E-state index in [1.807, 2.05) is 31.2 Å². The van der Waals surface area contributed by atoms with E-state index < -0.39 is 0 Å². The van der Waals surface area contributed by atoms with Crippen LogP contribution >= 0.6 is 0 Å². The number of nitrogens with zero attached hydrogens (tertiary/aromatic N) is 3. The second-order valence-electron chi connectivity index (χ2n) is 7.95. The smallest absolute Gasteiger partial charge is 0.261 e. The average Bonchev–Trinajstić information content (AvgIpc) is 2.94. The van der Waals surface area contributed by atoms with Crippen LogP contribution in [0, 0.1) is 6.92 Å². The molecule has 2 aliphatic rings. The van der Waals surface area contributed by atoms with Gasteiger partial charge in [0.2, 0.25) is 5.91 Å². The van der Waals surface area contributed by atoms with Gasteiger partial charge in [0.15, 0.2) is 0 Å². The van der Waals surface area contributed by atoms with Gasteiger partial charge in [-0.3, -0.25) is 24.1 Å². The Balaban J connectivity index is 1.32. The molecule has 4 amide bonds. The minimum absolute atomic E-state index is 0.0275. The van der Waals surface area contributed by atoms with Gasteiger partial charge in [0.25, 0.3) is 17.7 Å². The van der Waals surface area contributed by atoms with Crippen molar-refractivity contribution in [1.29, 1.82) is 0 Å². The number of amides is 4. The molecule has 0 bridgehead atoms. The van der Waals surface area contributed by atoms with E-state index in [9.17, 15) is 19.2 Å². The Labute approximate surface area is 181 Å². The third kappa shape index (κ3) is 4.21. The summed E-state index contributed by atoms with van der Waals surface area (Å²) in [4.78, 5) is 55.1. The van der Waals surface area contributed by atoms with Crippen LogP contribution in [0.2, 0.25) is 0 Å². The molecule has 2 aromatic carbocycles. The van der Waals surface area contributed by atoms with Crippen molar-refractivity contribution in [3.63, 3.8) is 0 Å². The number of hydrogen-bond donors (Lipinski definition) is 0. The van der Waals surface area contributed by atoms with Crippen LogP contribution in [0.25, 0.3) is 0 Å². The molecule has 1 fully saturated rings. The number of carbonyl (C=O) groups is 4. The molecule has 0 N–H and O–H groups in total. The normalized spacial score (nSPS) is 16.4. The summed E-state index contributed by atoms with van der Waals surface area (Å²) in [6.07, 6.45) is 0.772. The SMILES string of the molecule is Cc1ccc(C(=O)N2CCCN(C(=O)CCN3C(=O)c4ccccc4C3=O)CC2)cc1. The van der Waals surface area contributed by atoms with Gasteiger partial charge < -0.3 is 9.80 Å². The van der Waals surface area contributed by atoms with Crippen LogP contribution in [0.1, 0.15) is 49.5 Å². The number of carbonyl (C=O) groups excluding carboxylic acids is 4. The van der Waals surface area contributed by atoms with Crippen molar-refractivity contribution < 1.29 is 19.2 Å². The first-order valence-electron chi connectivity index (χ1n) is 10.5. The zero-order valence-corrected chi connectivity index (χ0v) is 17.5. The highest BCUT2D eigenvalue weighted by molar-refractivity contribution is 6.21. The summed E-state index contributed by atoms with van der Waals surface area (Å²) in [6, 6.07) is 14.2. The average molecular weight is 419 g/mol. The van der Waals surface area contributed by atoms with Crippen LogP contribution in [0.5, 0.6) is 0 Å². The Hall–Kier alpha value is -3.48. The first-order valence-corrected chi connectivity index (χ1v) is 10.5. The van der Waals surface area contributed by atoms with Crippen molar-refractivity contribution in [1.82, 2.24) is 14.7 Å². The summed E-state index contributed by atoms with van der Waals surface area (Å²) in [7, 11) is 0. The number of fused-ring (bicyclic) bond motifs is 1. The van der Waals surface area contributed by atoms with Gasteiger partial charge in [0.05, 0.1) is 11.1 Å². The zero-order chi connectivity index (χ0) is 22.0. The maximum absolute atomic E-state index is 12.8. The lowest BCUT2D eigenvalue weighted by atomic mass is 10.1. The minimum atomic E-state index is -0.348. The largest absolute Gasteiger partial charge is 0.341 e. The van der Waals surface area contributed by atoms with Crippen LogP contribution in [0.3, 0.4) is 0 Å². The van der Waals surface area contributed by atoms with E-state index in [1.54, 1.807) is 34.1 Å². The number of hydrogen-bond acceptors (Lipinski definition) is 4. The Bertz CT molecular complexity index is 996. The second-order valence-corrected chi connectivity index (χ2v) is 7.95. The predicted molar refractivity (Wildman–Crippen MR) is 115 cm³/mol. The fraction of sp³-hybridized carbons (Fsp3) is 0.333. The molecule has 7 nitrogen and oxygen atoms in total. The molecule has 2 aliphatic heterocycles. The highest BCUT2D eigenvalue weighted by Crippen LogP contribution is 2.22. The standard InChI is InChI=1S/C24H25N3O4/c1-17-7-9-18(10-8-17)22(29)26-13-4-12-25(15-16-26)21(28)11-14-27-23(30)19-5-2-3-6-20(19)24(27)31/h2-3,5-10H,4,11-16H2,1H3. The Kier molecular flexibility index (Phi) is 5.84. The maximum atomic E-state index is 12.8. The van der Waals surface area contributed by atoms with Gasteiger partial charge >= 0.3 is 0 Å². The summed E-state index contributed by atoms with van der Waals surface area (Å²) in [5.74, 6) is -0.834. The van der Waals surface area contributed by atoms with E-state index in [0.29, 0.717) is 49.3 Å². The Morgan fingerprint density at radius 3 is 2.03 bits per heavy atom. The van der Waals surface area contributed by atoms with Crippen molar-refractivity contribution in [2.75, 3.05) is 32.7 Å². The second kappa shape index (κ2) is 8.71. The lowest BCUT2D eigenvalue weighted by Gasteiger charge is -2.23. The van der Waals surface area contributed by atoms with Gasteiger partial charge in [-0.05, 0) is 37.6 Å². The van der Waals surface area contributed by atoms with Crippen molar-refractivity contribution in [3.05, 3.63) is 70.8 Å². The molecule has 0 aliphatic carbocycles. The molecule has 0 unspecified atom stereocenters. The molecule has 0 atom stereocenters. The molecule has 0 aromatic heterocycles. The highest BCUT2D eigenvalue weighted by Gasteiger charge is 2.35. The van der Waals surface area contributed by atoms with Gasteiger partial charge in [-0.1, -0.05) is 29.8 Å². The molecular weight excluding hydrogens is 394 g/mol. The maximum Gasteiger partial charge on any atom is 0.261 e. The third-order valence-electron chi connectivity index (χ3n) is 5.86. The molecule has 31 heavy (non-hydrogen) atoms. The number of aryl methyl sites for hydroxylation is 1. The van der Waals surface area contributed by atoms with Crippen molar-refractivity contribution in [2.45, 2.75) is 19.8 Å². The first kappa shape index (κ1) is 20.8. The summed E-state index contributed by atoms with van der Waals surface area (Å²) >= 11 is 0. The van der Waals surface area contributed by atoms with Gasteiger partial charge in [-0.25, -0.2) is 0 Å². The summed E-state index contributed by atoms with van der Waals surface area (Å²) in [5, 5.41) is 0. The van der Waals surface area contributed by atoms with Gasteiger partial charge in [-0.15, -0.1) is 0 Å². The van der Waals surface area contributed by atoms with Crippen LogP contribution < -0.4 is 0 Å². The lowest BCUT2D eigenvalue weighted by Crippen LogP contribution is -2.39. The van der Waals surface area contributed by atoms with Crippen molar-refractivity contribution >= 4 is 23.6 Å². The molecule has 2 heterocycles. The van der Waals surface area contributed by atoms with Gasteiger partial charge in [0.1, 0.15) is 0 Å². The zero-order valence-electron chi connectivity index (χ0n) is 17.5. The molecule has 2 aromatic rings. The summed E-state index contributed by atoms with van der Waals surface area (Å²) in [5.41, 5.74) is 2.53. The molecule has 0 spiro atoms. The topological polar surface area (TPSA) is 78.0 Å². The predicted octanol–water partition coefficient (Wildman–Crippen LogP) is 2.36. The van der Waals surface area contributed by atoms with Crippen molar-refractivity contribution in [2.24, 2.45) is 0 Å². The third-order valence-corrected chi connectivity index (χ3v) is 5.86. The van der Waals surface area contributed by atoms with Crippen LogP contribution in [0.4, 0.5) is 0 Å².